The Balaban J connectivity index is 1.08. The first-order chi connectivity index (χ1) is 21.6. The Kier molecular flexibility index (Phi) is 9.27. The lowest BCUT2D eigenvalue weighted by Crippen LogP contribution is -2.40. The van der Waals surface area contributed by atoms with E-state index in [4.69, 9.17) is 14.1 Å². The van der Waals surface area contributed by atoms with Crippen LogP contribution in [0.1, 0.15) is 46.9 Å². The van der Waals surface area contributed by atoms with Crippen LogP contribution < -0.4 is 10.1 Å². The Bertz CT molecular complexity index is 1640. The standard InChI is InChI=1S/C36H41N5O3/c1-39(35(42)27-10-4-3-5-11-27)25-29(28-12-8-13-31(24-28)43-2)17-20-40-21-18-30(19-22-40)37-36-38-33-15-6-7-16-34(33)41(36)26-32-14-9-23-44-32/h3-16,23-24,29-30H,17-22,25-26H2,1-2H3,(H,37,38). The molecule has 8 heteroatoms. The maximum Gasteiger partial charge on any atom is 0.253 e. The minimum absolute atomic E-state index is 0.0449. The van der Waals surface area contributed by atoms with Crippen molar-refractivity contribution in [3.63, 3.8) is 0 Å². The average molecular weight is 592 g/mol. The predicted octanol–water partition coefficient (Wildman–Crippen LogP) is 6.51. The number of benzene rings is 3. The van der Waals surface area contributed by atoms with Gasteiger partial charge in [0.15, 0.2) is 0 Å². The van der Waals surface area contributed by atoms with Crippen LogP contribution >= 0.6 is 0 Å². The van der Waals surface area contributed by atoms with Gasteiger partial charge in [-0.25, -0.2) is 4.98 Å². The van der Waals surface area contributed by atoms with Crippen molar-refractivity contribution in [3.8, 4) is 5.75 Å². The average Bonchev–Trinajstić information content (AvgIpc) is 3.71. The Morgan fingerprint density at radius 3 is 2.59 bits per heavy atom. The second kappa shape index (κ2) is 13.8. The monoisotopic (exact) mass is 591 g/mol. The molecule has 0 spiro atoms. The first-order valence-corrected chi connectivity index (χ1v) is 15.5. The summed E-state index contributed by atoms with van der Waals surface area (Å²) >= 11 is 0. The molecule has 8 nitrogen and oxygen atoms in total. The number of likely N-dealkylation sites (N-methyl/N-ethyl adjacent to an activating group) is 1. The summed E-state index contributed by atoms with van der Waals surface area (Å²) in [6.07, 6.45) is 4.76. The van der Waals surface area contributed by atoms with Crippen LogP contribution in [0.15, 0.2) is 102 Å². The number of carbonyl (C=O) groups excluding carboxylic acids is 1. The number of hydrogen-bond acceptors (Lipinski definition) is 6. The molecule has 3 heterocycles. The van der Waals surface area contributed by atoms with E-state index in [0.29, 0.717) is 24.7 Å². The van der Waals surface area contributed by atoms with E-state index >= 15 is 0 Å². The van der Waals surface area contributed by atoms with Crippen molar-refractivity contribution in [2.24, 2.45) is 0 Å². The van der Waals surface area contributed by atoms with Crippen molar-refractivity contribution in [2.75, 3.05) is 45.7 Å². The summed E-state index contributed by atoms with van der Waals surface area (Å²) in [5.74, 6) is 2.89. The van der Waals surface area contributed by atoms with Gasteiger partial charge in [0.25, 0.3) is 5.91 Å². The molecule has 3 aromatic carbocycles. The number of fused-ring (bicyclic) bond motifs is 1. The van der Waals surface area contributed by atoms with Crippen LogP contribution in [-0.2, 0) is 6.54 Å². The van der Waals surface area contributed by atoms with E-state index in [9.17, 15) is 4.79 Å². The zero-order chi connectivity index (χ0) is 30.3. The number of piperidine rings is 1. The van der Waals surface area contributed by atoms with Gasteiger partial charge >= 0.3 is 0 Å². The first kappa shape index (κ1) is 29.5. The van der Waals surface area contributed by atoms with E-state index in [0.717, 1.165) is 67.4 Å². The number of furan rings is 1. The molecule has 1 fully saturated rings. The highest BCUT2D eigenvalue weighted by molar-refractivity contribution is 5.94. The fourth-order valence-electron chi connectivity index (χ4n) is 6.20. The van der Waals surface area contributed by atoms with E-state index in [1.54, 1.807) is 13.4 Å². The molecular weight excluding hydrogens is 550 g/mol. The fraction of sp³-hybridized carbons (Fsp3) is 0.333. The molecule has 2 aromatic heterocycles. The lowest BCUT2D eigenvalue weighted by Gasteiger charge is -2.34. The van der Waals surface area contributed by atoms with Crippen molar-refractivity contribution in [1.82, 2.24) is 19.4 Å². The summed E-state index contributed by atoms with van der Waals surface area (Å²) in [6.45, 7) is 4.28. The topological polar surface area (TPSA) is 75.8 Å². The molecule has 6 rings (SSSR count). The van der Waals surface area contributed by atoms with Gasteiger partial charge in [0, 0.05) is 44.2 Å². The molecule has 0 bridgehead atoms. The molecule has 1 aliphatic rings. The van der Waals surface area contributed by atoms with Crippen molar-refractivity contribution in [3.05, 3.63) is 114 Å². The zero-order valence-electron chi connectivity index (χ0n) is 25.6. The number of ether oxygens (including phenoxy) is 1. The molecule has 44 heavy (non-hydrogen) atoms. The van der Waals surface area contributed by atoms with Gasteiger partial charge < -0.3 is 28.8 Å². The van der Waals surface area contributed by atoms with Crippen molar-refractivity contribution in [2.45, 2.75) is 37.8 Å². The third-order valence-electron chi connectivity index (χ3n) is 8.69. The summed E-state index contributed by atoms with van der Waals surface area (Å²) in [5.41, 5.74) is 4.00. The number of imidazole rings is 1. The van der Waals surface area contributed by atoms with Gasteiger partial charge in [-0.05, 0) is 79.9 Å². The molecule has 1 amide bonds. The molecule has 0 saturated carbocycles. The molecular formula is C36H41N5O3. The van der Waals surface area contributed by atoms with Crippen LogP contribution in [0.4, 0.5) is 5.95 Å². The number of carbonyl (C=O) groups is 1. The summed E-state index contributed by atoms with van der Waals surface area (Å²) in [5, 5.41) is 3.75. The van der Waals surface area contributed by atoms with Crippen molar-refractivity contribution < 1.29 is 13.9 Å². The molecule has 1 aliphatic heterocycles. The number of likely N-dealkylation sites (tertiary alicyclic amines) is 1. The molecule has 1 saturated heterocycles. The summed E-state index contributed by atoms with van der Waals surface area (Å²) in [7, 11) is 3.60. The van der Waals surface area contributed by atoms with Crippen LogP contribution in [-0.4, -0.2) is 71.6 Å². The van der Waals surface area contributed by atoms with E-state index < -0.39 is 0 Å². The van der Waals surface area contributed by atoms with Gasteiger partial charge in [-0.15, -0.1) is 0 Å². The molecule has 0 aliphatic carbocycles. The molecule has 1 atom stereocenters. The SMILES string of the molecule is COc1cccc(C(CCN2CCC(Nc3nc4ccccc4n3Cc3ccco3)CC2)CN(C)C(=O)c2ccccc2)c1. The molecule has 0 radical (unpaired) electrons. The number of rotatable bonds is 12. The van der Waals surface area contributed by atoms with E-state index in [-0.39, 0.29) is 11.8 Å². The maximum atomic E-state index is 13.2. The second-order valence-electron chi connectivity index (χ2n) is 11.7. The number of nitrogens with one attached hydrogen (secondary N) is 1. The van der Waals surface area contributed by atoms with Gasteiger partial charge in [-0.1, -0.05) is 42.5 Å². The van der Waals surface area contributed by atoms with E-state index in [2.05, 4.69) is 45.1 Å². The number of hydrogen-bond donors (Lipinski definition) is 1. The van der Waals surface area contributed by atoms with Gasteiger partial charge in [-0.2, -0.15) is 0 Å². The summed E-state index contributed by atoms with van der Waals surface area (Å²) in [4.78, 5) is 22.5. The van der Waals surface area contributed by atoms with Crippen LogP contribution in [0.2, 0.25) is 0 Å². The number of anilines is 1. The normalized spacial score (nSPS) is 14.9. The molecule has 1 unspecified atom stereocenters. The maximum absolute atomic E-state index is 13.2. The predicted molar refractivity (Wildman–Crippen MR) is 174 cm³/mol. The molecule has 1 N–H and O–H groups in total. The van der Waals surface area contributed by atoms with Crippen molar-refractivity contribution in [1.29, 1.82) is 0 Å². The van der Waals surface area contributed by atoms with Gasteiger partial charge in [0.05, 0.1) is 31.0 Å². The Labute approximate surface area is 259 Å². The lowest BCUT2D eigenvalue weighted by atomic mass is 9.93. The number of nitrogens with zero attached hydrogens (tertiary/aromatic N) is 4. The number of methoxy groups -OCH3 is 1. The quantitative estimate of drug-likeness (QED) is 0.178. The highest BCUT2D eigenvalue weighted by Gasteiger charge is 2.24. The van der Waals surface area contributed by atoms with Crippen LogP contribution in [0.25, 0.3) is 11.0 Å². The van der Waals surface area contributed by atoms with Crippen molar-refractivity contribution >= 4 is 22.9 Å². The van der Waals surface area contributed by atoms with Gasteiger partial charge in [-0.3, -0.25) is 4.79 Å². The minimum atomic E-state index is 0.0449. The Morgan fingerprint density at radius 1 is 1.02 bits per heavy atom. The van der Waals surface area contributed by atoms with Crippen LogP contribution in [0, 0.1) is 0 Å². The zero-order valence-corrected chi connectivity index (χ0v) is 25.6. The highest BCUT2D eigenvalue weighted by atomic mass is 16.5. The lowest BCUT2D eigenvalue weighted by molar-refractivity contribution is 0.0782. The van der Waals surface area contributed by atoms with E-state index in [1.807, 2.05) is 72.6 Å². The fourth-order valence-corrected chi connectivity index (χ4v) is 6.20. The largest absolute Gasteiger partial charge is 0.497 e. The first-order valence-electron chi connectivity index (χ1n) is 15.5. The number of aromatic nitrogens is 2. The smallest absolute Gasteiger partial charge is 0.253 e. The van der Waals surface area contributed by atoms with Gasteiger partial charge in [0.1, 0.15) is 11.5 Å². The summed E-state index contributed by atoms with van der Waals surface area (Å²) in [6, 6.07) is 30.3. The molecule has 228 valence electrons. The van der Waals surface area contributed by atoms with Crippen LogP contribution in [0.3, 0.4) is 0 Å². The second-order valence-corrected chi connectivity index (χ2v) is 11.7. The third-order valence-corrected chi connectivity index (χ3v) is 8.69. The number of para-hydroxylation sites is 2. The summed E-state index contributed by atoms with van der Waals surface area (Å²) < 4.78 is 13.4. The van der Waals surface area contributed by atoms with Gasteiger partial charge in [0.2, 0.25) is 5.95 Å². The Hall–Kier alpha value is -4.56. The van der Waals surface area contributed by atoms with E-state index in [1.165, 1.54) is 5.56 Å². The third kappa shape index (κ3) is 6.97. The molecule has 5 aromatic rings. The highest BCUT2D eigenvalue weighted by Crippen LogP contribution is 2.27. The number of amides is 1. The Morgan fingerprint density at radius 2 is 1.82 bits per heavy atom. The van der Waals surface area contributed by atoms with Crippen LogP contribution in [0.5, 0.6) is 5.75 Å². The minimum Gasteiger partial charge on any atom is -0.497 e.